The summed E-state index contributed by atoms with van der Waals surface area (Å²) in [6, 6.07) is 7.84. The standard InChI is InChI=1S/C14H13FN6O/c15-10-2-1-3-11(8-10)17-13-18-12(9-16)19-14(20-13)21-4-6-22-7-5-21/h1-3,8H,4-7H2,(H,17,18,19,20). The highest BCUT2D eigenvalue weighted by atomic mass is 19.1. The van der Waals surface area contributed by atoms with Crippen molar-refractivity contribution in [3.8, 4) is 6.07 Å². The lowest BCUT2D eigenvalue weighted by molar-refractivity contribution is 0.122. The van der Waals surface area contributed by atoms with Crippen molar-refractivity contribution in [2.75, 3.05) is 36.5 Å². The molecular weight excluding hydrogens is 287 g/mol. The second kappa shape index (κ2) is 6.32. The first kappa shape index (κ1) is 14.2. The normalized spacial score (nSPS) is 14.5. The molecule has 1 aromatic heterocycles. The highest BCUT2D eigenvalue weighted by Crippen LogP contribution is 2.17. The second-order valence-corrected chi connectivity index (χ2v) is 4.63. The number of anilines is 3. The summed E-state index contributed by atoms with van der Waals surface area (Å²) in [7, 11) is 0. The van der Waals surface area contributed by atoms with Gasteiger partial charge in [0.1, 0.15) is 11.9 Å². The Morgan fingerprint density at radius 3 is 2.77 bits per heavy atom. The third-order valence-corrected chi connectivity index (χ3v) is 3.10. The summed E-state index contributed by atoms with van der Waals surface area (Å²) >= 11 is 0. The zero-order chi connectivity index (χ0) is 15.4. The van der Waals surface area contributed by atoms with Crippen LogP contribution in [0, 0.1) is 17.1 Å². The Morgan fingerprint density at radius 2 is 2.05 bits per heavy atom. The molecule has 112 valence electrons. The minimum Gasteiger partial charge on any atom is -0.378 e. The molecule has 0 amide bonds. The van der Waals surface area contributed by atoms with E-state index in [1.807, 2.05) is 11.0 Å². The Labute approximate surface area is 126 Å². The minimum absolute atomic E-state index is 0.00962. The van der Waals surface area contributed by atoms with E-state index in [4.69, 9.17) is 10.00 Å². The molecule has 1 aromatic carbocycles. The predicted octanol–water partition coefficient (Wildman–Crippen LogP) is 1.46. The lowest BCUT2D eigenvalue weighted by atomic mass is 10.3. The van der Waals surface area contributed by atoms with E-state index in [9.17, 15) is 4.39 Å². The zero-order valence-corrected chi connectivity index (χ0v) is 11.7. The number of benzene rings is 1. The van der Waals surface area contributed by atoms with Gasteiger partial charge in [0.25, 0.3) is 0 Å². The summed E-state index contributed by atoms with van der Waals surface area (Å²) in [5, 5.41) is 11.9. The van der Waals surface area contributed by atoms with Crippen molar-refractivity contribution in [2.24, 2.45) is 0 Å². The van der Waals surface area contributed by atoms with Gasteiger partial charge < -0.3 is 15.0 Å². The summed E-state index contributed by atoms with van der Waals surface area (Å²) in [6.45, 7) is 2.46. The van der Waals surface area contributed by atoms with Crippen LogP contribution in [0.3, 0.4) is 0 Å². The first-order valence-electron chi connectivity index (χ1n) is 6.76. The number of nitrogens with one attached hydrogen (secondary N) is 1. The van der Waals surface area contributed by atoms with Crippen molar-refractivity contribution < 1.29 is 9.13 Å². The van der Waals surface area contributed by atoms with Gasteiger partial charge in [0.15, 0.2) is 0 Å². The Morgan fingerprint density at radius 1 is 1.23 bits per heavy atom. The number of nitriles is 1. The fraction of sp³-hybridized carbons (Fsp3) is 0.286. The molecule has 0 aliphatic carbocycles. The van der Waals surface area contributed by atoms with Gasteiger partial charge in [-0.2, -0.15) is 20.2 Å². The molecule has 2 aromatic rings. The summed E-state index contributed by atoms with van der Waals surface area (Å²) < 4.78 is 18.5. The van der Waals surface area contributed by atoms with Crippen molar-refractivity contribution in [3.63, 3.8) is 0 Å². The SMILES string of the molecule is N#Cc1nc(Nc2cccc(F)c2)nc(N2CCOCC2)n1. The van der Waals surface area contributed by atoms with Gasteiger partial charge in [-0.25, -0.2) is 4.39 Å². The fourth-order valence-corrected chi connectivity index (χ4v) is 2.07. The second-order valence-electron chi connectivity index (χ2n) is 4.63. The lowest BCUT2D eigenvalue weighted by Gasteiger charge is -2.26. The van der Waals surface area contributed by atoms with E-state index in [2.05, 4.69) is 20.3 Å². The van der Waals surface area contributed by atoms with Gasteiger partial charge in [-0.3, -0.25) is 0 Å². The van der Waals surface area contributed by atoms with E-state index in [1.165, 1.54) is 12.1 Å². The van der Waals surface area contributed by atoms with Gasteiger partial charge in [0, 0.05) is 18.8 Å². The van der Waals surface area contributed by atoms with E-state index >= 15 is 0 Å². The molecular formula is C14H13FN6O. The summed E-state index contributed by atoms with van der Waals surface area (Å²) in [5.41, 5.74) is 0.503. The highest BCUT2D eigenvalue weighted by molar-refractivity contribution is 5.54. The first-order valence-corrected chi connectivity index (χ1v) is 6.76. The van der Waals surface area contributed by atoms with Crippen molar-refractivity contribution in [1.29, 1.82) is 5.26 Å². The monoisotopic (exact) mass is 300 g/mol. The quantitative estimate of drug-likeness (QED) is 0.918. The maximum Gasteiger partial charge on any atom is 0.238 e. The van der Waals surface area contributed by atoms with Crippen LogP contribution in [-0.4, -0.2) is 41.3 Å². The number of hydrogen-bond acceptors (Lipinski definition) is 7. The highest BCUT2D eigenvalue weighted by Gasteiger charge is 2.16. The lowest BCUT2D eigenvalue weighted by Crippen LogP contribution is -2.37. The summed E-state index contributed by atoms with van der Waals surface area (Å²) in [4.78, 5) is 14.3. The van der Waals surface area contributed by atoms with Gasteiger partial charge in [0.05, 0.1) is 13.2 Å². The van der Waals surface area contributed by atoms with Crippen molar-refractivity contribution in [1.82, 2.24) is 15.0 Å². The number of ether oxygens (including phenoxy) is 1. The Balaban J connectivity index is 1.88. The zero-order valence-electron chi connectivity index (χ0n) is 11.7. The molecule has 8 heteroatoms. The molecule has 7 nitrogen and oxygen atoms in total. The van der Waals surface area contributed by atoms with Crippen molar-refractivity contribution in [2.45, 2.75) is 0 Å². The average molecular weight is 300 g/mol. The average Bonchev–Trinajstić information content (AvgIpc) is 2.55. The van der Waals surface area contributed by atoms with Crippen LogP contribution in [0.2, 0.25) is 0 Å². The minimum atomic E-state index is -0.368. The smallest absolute Gasteiger partial charge is 0.238 e. The largest absolute Gasteiger partial charge is 0.378 e. The van der Waals surface area contributed by atoms with Gasteiger partial charge >= 0.3 is 0 Å². The molecule has 0 spiro atoms. The number of morpholine rings is 1. The van der Waals surface area contributed by atoms with Crippen LogP contribution >= 0.6 is 0 Å². The number of rotatable bonds is 3. The van der Waals surface area contributed by atoms with E-state index in [0.29, 0.717) is 37.9 Å². The maximum absolute atomic E-state index is 13.2. The topological polar surface area (TPSA) is 87.0 Å². The van der Waals surface area contributed by atoms with Crippen LogP contribution in [-0.2, 0) is 4.74 Å². The number of nitrogens with zero attached hydrogens (tertiary/aromatic N) is 5. The molecule has 0 saturated carbocycles. The van der Waals surface area contributed by atoms with Crippen molar-refractivity contribution in [3.05, 3.63) is 35.9 Å². The molecule has 1 aliphatic heterocycles. The van der Waals surface area contributed by atoms with Crippen LogP contribution in [0.1, 0.15) is 5.82 Å². The molecule has 22 heavy (non-hydrogen) atoms. The van der Waals surface area contributed by atoms with Gasteiger partial charge in [0.2, 0.25) is 17.7 Å². The van der Waals surface area contributed by atoms with Crippen LogP contribution in [0.5, 0.6) is 0 Å². The predicted molar refractivity (Wildman–Crippen MR) is 77.3 cm³/mol. The molecule has 1 N–H and O–H groups in total. The third kappa shape index (κ3) is 3.27. The van der Waals surface area contributed by atoms with Crippen LogP contribution in [0.25, 0.3) is 0 Å². The molecule has 3 rings (SSSR count). The molecule has 1 aliphatic rings. The van der Waals surface area contributed by atoms with Crippen LogP contribution in [0.4, 0.5) is 22.0 Å². The van der Waals surface area contributed by atoms with E-state index in [-0.39, 0.29) is 17.6 Å². The van der Waals surface area contributed by atoms with E-state index in [1.54, 1.807) is 12.1 Å². The van der Waals surface area contributed by atoms with Crippen LogP contribution < -0.4 is 10.2 Å². The van der Waals surface area contributed by atoms with Gasteiger partial charge in [-0.1, -0.05) is 6.07 Å². The fourth-order valence-electron chi connectivity index (χ4n) is 2.07. The molecule has 1 fully saturated rings. The van der Waals surface area contributed by atoms with Crippen molar-refractivity contribution >= 4 is 17.6 Å². The number of aromatic nitrogens is 3. The Bertz CT molecular complexity index is 711. The van der Waals surface area contributed by atoms with E-state index in [0.717, 1.165) is 0 Å². The molecule has 2 heterocycles. The third-order valence-electron chi connectivity index (χ3n) is 3.10. The molecule has 1 saturated heterocycles. The van der Waals surface area contributed by atoms with Crippen LogP contribution in [0.15, 0.2) is 24.3 Å². The molecule has 0 radical (unpaired) electrons. The molecule has 0 atom stereocenters. The van der Waals surface area contributed by atoms with E-state index < -0.39 is 0 Å². The van der Waals surface area contributed by atoms with Gasteiger partial charge in [-0.05, 0) is 18.2 Å². The Hall–Kier alpha value is -2.79. The summed E-state index contributed by atoms with van der Waals surface area (Å²) in [6.07, 6.45) is 0. The first-order chi connectivity index (χ1) is 10.7. The number of hydrogen-bond donors (Lipinski definition) is 1. The molecule has 0 bridgehead atoms. The summed E-state index contributed by atoms with van der Waals surface area (Å²) in [5.74, 6) is 0.260. The Kier molecular flexibility index (Phi) is 4.07. The number of halogens is 1. The molecule has 0 unspecified atom stereocenters. The maximum atomic E-state index is 13.2. The van der Waals surface area contributed by atoms with Gasteiger partial charge in [-0.15, -0.1) is 0 Å².